The van der Waals surface area contributed by atoms with Crippen LogP contribution < -0.4 is 0 Å². The number of carbonyl (C=O) groups is 2. The highest BCUT2D eigenvalue weighted by Crippen LogP contribution is 2.22. The van der Waals surface area contributed by atoms with Gasteiger partial charge in [-0.3, -0.25) is 14.5 Å². The van der Waals surface area contributed by atoms with Gasteiger partial charge in [-0.2, -0.15) is 11.8 Å². The number of amides is 2. The Morgan fingerprint density at radius 1 is 1.53 bits per heavy atom. The summed E-state index contributed by atoms with van der Waals surface area (Å²) in [7, 11) is 0. The van der Waals surface area contributed by atoms with Crippen molar-refractivity contribution in [1.29, 1.82) is 0 Å². The number of carbonyl (C=O) groups excluding carboxylic acids is 2. The number of nitrogens with zero attached hydrogens (tertiary/aromatic N) is 1. The molecule has 0 saturated heterocycles. The van der Waals surface area contributed by atoms with Gasteiger partial charge in [-0.1, -0.05) is 0 Å². The summed E-state index contributed by atoms with van der Waals surface area (Å²) in [6.45, 7) is 3.36. The number of thioether (sulfide) groups is 1. The average Bonchev–Trinajstić information content (AvgIpc) is 2.43. The largest absolute Gasteiger partial charge is 0.395 e. The van der Waals surface area contributed by atoms with Crippen LogP contribution in [0.2, 0.25) is 0 Å². The monoisotopic (exact) mass is 229 g/mol. The first kappa shape index (κ1) is 12.3. The Labute approximate surface area is 93.3 Å². The van der Waals surface area contributed by atoms with E-state index in [2.05, 4.69) is 0 Å². The van der Waals surface area contributed by atoms with E-state index in [1.54, 1.807) is 13.8 Å². The van der Waals surface area contributed by atoms with Crippen molar-refractivity contribution >= 4 is 23.6 Å². The second-order valence-electron chi connectivity index (χ2n) is 3.54. The fourth-order valence-corrected chi connectivity index (χ4v) is 2.25. The molecule has 4 nitrogen and oxygen atoms in total. The smallest absolute Gasteiger partial charge is 0.256 e. The van der Waals surface area contributed by atoms with Crippen LogP contribution in [0.5, 0.6) is 0 Å². The highest BCUT2D eigenvalue weighted by Gasteiger charge is 2.35. The molecule has 2 unspecified atom stereocenters. The predicted molar refractivity (Wildman–Crippen MR) is 59.5 cm³/mol. The van der Waals surface area contributed by atoms with Gasteiger partial charge in [0.15, 0.2) is 0 Å². The van der Waals surface area contributed by atoms with Crippen molar-refractivity contribution in [2.24, 2.45) is 0 Å². The SMILES string of the molecule is CSC(CO)C(C)N1C(=O)C=C(C)C1=O. The molecule has 1 aliphatic rings. The number of hydrogen-bond donors (Lipinski definition) is 1. The second-order valence-corrected chi connectivity index (χ2v) is 4.61. The lowest BCUT2D eigenvalue weighted by Crippen LogP contribution is -2.45. The van der Waals surface area contributed by atoms with E-state index in [1.165, 1.54) is 22.7 Å². The molecule has 0 aromatic rings. The highest BCUT2D eigenvalue weighted by molar-refractivity contribution is 7.99. The van der Waals surface area contributed by atoms with Gasteiger partial charge in [0.05, 0.1) is 12.6 Å². The zero-order valence-corrected chi connectivity index (χ0v) is 9.87. The number of aliphatic hydroxyl groups excluding tert-OH is 1. The highest BCUT2D eigenvalue weighted by atomic mass is 32.2. The summed E-state index contributed by atoms with van der Waals surface area (Å²) in [6.07, 6.45) is 3.19. The van der Waals surface area contributed by atoms with E-state index in [0.717, 1.165) is 0 Å². The molecule has 15 heavy (non-hydrogen) atoms. The Morgan fingerprint density at radius 2 is 2.13 bits per heavy atom. The summed E-state index contributed by atoms with van der Waals surface area (Å²) in [5.41, 5.74) is 0.463. The summed E-state index contributed by atoms with van der Waals surface area (Å²) in [5.74, 6) is -0.530. The number of imide groups is 1. The molecule has 0 bridgehead atoms. The molecule has 2 amide bonds. The fraction of sp³-hybridized carbons (Fsp3) is 0.600. The van der Waals surface area contributed by atoms with Crippen LogP contribution in [0.3, 0.4) is 0 Å². The van der Waals surface area contributed by atoms with Crippen LogP contribution in [0.1, 0.15) is 13.8 Å². The quantitative estimate of drug-likeness (QED) is 0.710. The van der Waals surface area contributed by atoms with Gasteiger partial charge in [0.2, 0.25) is 0 Å². The molecule has 0 saturated carbocycles. The van der Waals surface area contributed by atoms with E-state index in [0.29, 0.717) is 5.57 Å². The summed E-state index contributed by atoms with van der Waals surface area (Å²) < 4.78 is 0. The molecule has 5 heteroatoms. The Hall–Kier alpha value is -0.810. The third-order valence-corrected chi connectivity index (χ3v) is 3.71. The van der Waals surface area contributed by atoms with Crippen molar-refractivity contribution in [1.82, 2.24) is 4.90 Å². The molecule has 0 aliphatic carbocycles. The van der Waals surface area contributed by atoms with Gasteiger partial charge in [-0.05, 0) is 20.1 Å². The average molecular weight is 229 g/mol. The summed E-state index contributed by atoms with van der Waals surface area (Å²) in [4.78, 5) is 24.4. The van der Waals surface area contributed by atoms with Crippen molar-refractivity contribution in [3.63, 3.8) is 0 Å². The van der Waals surface area contributed by atoms with Crippen LogP contribution in [-0.2, 0) is 9.59 Å². The molecule has 0 aromatic heterocycles. The number of aliphatic hydroxyl groups is 1. The molecule has 1 aliphatic heterocycles. The van der Waals surface area contributed by atoms with Crippen molar-refractivity contribution in [2.45, 2.75) is 25.1 Å². The van der Waals surface area contributed by atoms with Crippen LogP contribution in [0.25, 0.3) is 0 Å². The lowest BCUT2D eigenvalue weighted by atomic mass is 10.2. The van der Waals surface area contributed by atoms with Crippen LogP contribution in [-0.4, -0.2) is 46.0 Å². The van der Waals surface area contributed by atoms with Crippen LogP contribution in [0.15, 0.2) is 11.6 Å². The van der Waals surface area contributed by atoms with E-state index in [1.807, 2.05) is 6.26 Å². The molecule has 0 radical (unpaired) electrons. The minimum atomic E-state index is -0.280. The first-order valence-corrected chi connectivity index (χ1v) is 6.01. The predicted octanol–water partition coefficient (Wildman–Crippen LogP) is 0.414. The van der Waals surface area contributed by atoms with Gasteiger partial charge in [0, 0.05) is 16.9 Å². The maximum atomic E-state index is 11.6. The Morgan fingerprint density at radius 3 is 2.47 bits per heavy atom. The van der Waals surface area contributed by atoms with Gasteiger partial charge in [0.25, 0.3) is 11.8 Å². The van der Waals surface area contributed by atoms with E-state index in [-0.39, 0.29) is 29.7 Å². The molecule has 1 N–H and O–H groups in total. The van der Waals surface area contributed by atoms with E-state index >= 15 is 0 Å². The molecular weight excluding hydrogens is 214 g/mol. The van der Waals surface area contributed by atoms with Gasteiger partial charge in [-0.25, -0.2) is 0 Å². The molecule has 0 spiro atoms. The lowest BCUT2D eigenvalue weighted by Gasteiger charge is -2.28. The molecule has 1 heterocycles. The first-order chi connectivity index (χ1) is 7.02. The minimum Gasteiger partial charge on any atom is -0.395 e. The summed E-state index contributed by atoms with van der Waals surface area (Å²) >= 11 is 1.45. The maximum absolute atomic E-state index is 11.6. The molecule has 0 aromatic carbocycles. The van der Waals surface area contributed by atoms with Crippen LogP contribution in [0, 0.1) is 0 Å². The van der Waals surface area contributed by atoms with E-state index < -0.39 is 0 Å². The first-order valence-electron chi connectivity index (χ1n) is 4.72. The van der Waals surface area contributed by atoms with Gasteiger partial charge >= 0.3 is 0 Å². The molecule has 0 fully saturated rings. The number of rotatable bonds is 4. The number of hydrogen-bond acceptors (Lipinski definition) is 4. The van der Waals surface area contributed by atoms with E-state index in [9.17, 15) is 9.59 Å². The zero-order chi connectivity index (χ0) is 11.6. The van der Waals surface area contributed by atoms with Crippen LogP contribution >= 0.6 is 11.8 Å². The Balaban J connectivity index is 2.82. The van der Waals surface area contributed by atoms with E-state index in [4.69, 9.17) is 5.11 Å². The molecular formula is C10H15NO3S. The van der Waals surface area contributed by atoms with Crippen LogP contribution in [0.4, 0.5) is 0 Å². The molecule has 1 rings (SSSR count). The minimum absolute atomic E-state index is 0.0432. The van der Waals surface area contributed by atoms with Gasteiger partial charge < -0.3 is 5.11 Å². The summed E-state index contributed by atoms with van der Waals surface area (Å²) in [6, 6.07) is -0.279. The van der Waals surface area contributed by atoms with Crippen molar-refractivity contribution in [3.8, 4) is 0 Å². The lowest BCUT2D eigenvalue weighted by molar-refractivity contribution is -0.139. The maximum Gasteiger partial charge on any atom is 0.256 e. The topological polar surface area (TPSA) is 57.6 Å². The zero-order valence-electron chi connectivity index (χ0n) is 9.06. The summed E-state index contributed by atoms with van der Waals surface area (Å²) in [5, 5.41) is 8.98. The standard InChI is InChI=1S/C10H15NO3S/c1-6-4-9(13)11(10(6)14)7(2)8(5-12)15-3/h4,7-8,12H,5H2,1-3H3. The normalized spacial score (nSPS) is 20.5. The molecule has 84 valence electrons. The van der Waals surface area contributed by atoms with Crippen molar-refractivity contribution in [3.05, 3.63) is 11.6 Å². The Kier molecular flexibility index (Phi) is 3.93. The van der Waals surface area contributed by atoms with Gasteiger partial charge in [0.1, 0.15) is 0 Å². The fourth-order valence-electron chi connectivity index (χ4n) is 1.58. The molecule has 2 atom stereocenters. The van der Waals surface area contributed by atoms with Crippen molar-refractivity contribution < 1.29 is 14.7 Å². The van der Waals surface area contributed by atoms with Gasteiger partial charge in [-0.15, -0.1) is 0 Å². The third-order valence-electron chi connectivity index (χ3n) is 2.56. The Bertz CT molecular complexity index is 310. The third kappa shape index (κ3) is 2.23. The second kappa shape index (κ2) is 4.81. The van der Waals surface area contributed by atoms with Crippen molar-refractivity contribution in [2.75, 3.05) is 12.9 Å².